The summed E-state index contributed by atoms with van der Waals surface area (Å²) in [6, 6.07) is -0.461. The molecule has 0 aromatic rings. The first kappa shape index (κ1) is 11.0. The van der Waals surface area contributed by atoms with E-state index >= 15 is 0 Å². The minimum atomic E-state index is -0.461. The van der Waals surface area contributed by atoms with Gasteiger partial charge in [0.05, 0.1) is 6.61 Å². The smallest absolute Gasteiger partial charge is 0.334 e. The lowest BCUT2D eigenvalue weighted by Crippen LogP contribution is -2.32. The van der Waals surface area contributed by atoms with Crippen LogP contribution in [0.4, 0.5) is 0 Å². The highest BCUT2D eigenvalue weighted by Crippen LogP contribution is 2.18. The zero-order valence-electron chi connectivity index (χ0n) is 8.90. The van der Waals surface area contributed by atoms with Crippen LogP contribution in [0.1, 0.15) is 27.2 Å². The highest BCUT2D eigenvalue weighted by atomic mass is 16.5. The summed E-state index contributed by atoms with van der Waals surface area (Å²) in [5, 5.41) is 0. The summed E-state index contributed by atoms with van der Waals surface area (Å²) in [5.74, 6) is 0.200. The molecule has 0 saturated heterocycles. The second kappa shape index (κ2) is 4.98. The Hall–Kier alpha value is -1.06. The average molecular weight is 199 g/mol. The van der Waals surface area contributed by atoms with Crippen molar-refractivity contribution in [1.82, 2.24) is 0 Å². The average Bonchev–Trinajstić information content (AvgIpc) is 2.51. The van der Waals surface area contributed by atoms with Crippen LogP contribution in [0.25, 0.3) is 0 Å². The summed E-state index contributed by atoms with van der Waals surface area (Å²) < 4.78 is 10.2. The molecule has 80 valence electrons. The zero-order valence-corrected chi connectivity index (χ0v) is 8.90. The maximum absolute atomic E-state index is 11.4. The van der Waals surface area contributed by atoms with Crippen LogP contribution in [0.5, 0.6) is 0 Å². The summed E-state index contributed by atoms with van der Waals surface area (Å²) >= 11 is 0. The second-order valence-corrected chi connectivity index (χ2v) is 3.76. The molecule has 4 nitrogen and oxygen atoms in total. The molecular formula is C10H17NO3. The van der Waals surface area contributed by atoms with Gasteiger partial charge < -0.3 is 9.47 Å². The lowest BCUT2D eigenvalue weighted by molar-refractivity contribution is -0.146. The molecule has 2 unspecified atom stereocenters. The number of ether oxygens (including phenoxy) is 2. The number of carbonyl (C=O) groups excluding carboxylic acids is 1. The van der Waals surface area contributed by atoms with Crippen LogP contribution in [0, 0.1) is 5.92 Å². The fraction of sp³-hybridized carbons (Fsp3) is 0.800. The quantitative estimate of drug-likeness (QED) is 0.643. The molecule has 1 rings (SSSR count). The molecule has 4 heteroatoms. The fourth-order valence-corrected chi connectivity index (χ4v) is 1.44. The maximum Gasteiger partial charge on any atom is 0.334 e. The zero-order chi connectivity index (χ0) is 10.6. The summed E-state index contributed by atoms with van der Waals surface area (Å²) in [7, 11) is 0. The van der Waals surface area contributed by atoms with Gasteiger partial charge in [-0.15, -0.1) is 0 Å². The molecule has 0 spiro atoms. The number of nitrogens with zero attached hydrogens (tertiary/aromatic N) is 1. The van der Waals surface area contributed by atoms with Gasteiger partial charge in [-0.05, 0) is 19.3 Å². The van der Waals surface area contributed by atoms with E-state index in [1.165, 1.54) is 6.40 Å². The van der Waals surface area contributed by atoms with Crippen LogP contribution in [-0.2, 0) is 14.3 Å². The third-order valence-electron chi connectivity index (χ3n) is 2.04. The Balaban J connectivity index is 2.49. The number of carbonyl (C=O) groups is 1. The SMILES string of the molecule is CCOC(=O)C1N=COC1CC(C)C. The van der Waals surface area contributed by atoms with Crippen molar-refractivity contribution in [1.29, 1.82) is 0 Å². The van der Waals surface area contributed by atoms with E-state index in [1.54, 1.807) is 6.92 Å². The summed E-state index contributed by atoms with van der Waals surface area (Å²) in [6.45, 7) is 6.35. The molecule has 0 saturated carbocycles. The van der Waals surface area contributed by atoms with Crippen LogP contribution in [-0.4, -0.2) is 31.1 Å². The minimum absolute atomic E-state index is 0.144. The van der Waals surface area contributed by atoms with Gasteiger partial charge in [0.15, 0.2) is 12.4 Å². The van der Waals surface area contributed by atoms with E-state index in [0.29, 0.717) is 12.5 Å². The number of aliphatic imine (C=N–C) groups is 1. The van der Waals surface area contributed by atoms with E-state index in [-0.39, 0.29) is 12.1 Å². The molecule has 0 bridgehead atoms. The predicted octanol–water partition coefficient (Wildman–Crippen LogP) is 1.39. The van der Waals surface area contributed by atoms with Crippen molar-refractivity contribution in [3.63, 3.8) is 0 Å². The third kappa shape index (κ3) is 2.72. The molecule has 1 aliphatic heterocycles. The molecular weight excluding hydrogens is 182 g/mol. The van der Waals surface area contributed by atoms with Crippen molar-refractivity contribution in [3.05, 3.63) is 0 Å². The van der Waals surface area contributed by atoms with E-state index in [0.717, 1.165) is 6.42 Å². The normalized spacial score (nSPS) is 25.1. The van der Waals surface area contributed by atoms with Gasteiger partial charge in [0.25, 0.3) is 0 Å². The van der Waals surface area contributed by atoms with Crippen molar-refractivity contribution in [3.8, 4) is 0 Å². The molecule has 0 amide bonds. The van der Waals surface area contributed by atoms with Crippen molar-refractivity contribution in [2.24, 2.45) is 10.9 Å². The summed E-state index contributed by atoms with van der Waals surface area (Å²) in [6.07, 6.45) is 2.03. The topological polar surface area (TPSA) is 47.9 Å². The summed E-state index contributed by atoms with van der Waals surface area (Å²) in [5.41, 5.74) is 0. The first-order valence-electron chi connectivity index (χ1n) is 4.99. The Kier molecular flexibility index (Phi) is 3.92. The molecule has 0 fully saturated rings. The van der Waals surface area contributed by atoms with Gasteiger partial charge >= 0.3 is 5.97 Å². The van der Waals surface area contributed by atoms with Crippen molar-refractivity contribution in [2.75, 3.05) is 6.61 Å². The van der Waals surface area contributed by atoms with Crippen molar-refractivity contribution >= 4 is 12.4 Å². The Morgan fingerprint density at radius 1 is 1.64 bits per heavy atom. The van der Waals surface area contributed by atoms with Gasteiger partial charge in [0, 0.05) is 0 Å². The van der Waals surface area contributed by atoms with Gasteiger partial charge in [-0.3, -0.25) is 0 Å². The fourth-order valence-electron chi connectivity index (χ4n) is 1.44. The molecule has 0 aliphatic carbocycles. The van der Waals surface area contributed by atoms with Crippen LogP contribution in [0.2, 0.25) is 0 Å². The Bertz CT molecular complexity index is 225. The van der Waals surface area contributed by atoms with E-state index in [9.17, 15) is 4.79 Å². The monoisotopic (exact) mass is 199 g/mol. The van der Waals surface area contributed by atoms with E-state index in [1.807, 2.05) is 0 Å². The number of esters is 1. The number of hydrogen-bond acceptors (Lipinski definition) is 4. The minimum Gasteiger partial charge on any atom is -0.477 e. The Morgan fingerprint density at radius 2 is 2.36 bits per heavy atom. The molecule has 2 atom stereocenters. The maximum atomic E-state index is 11.4. The molecule has 1 heterocycles. The van der Waals surface area contributed by atoms with Crippen molar-refractivity contribution < 1.29 is 14.3 Å². The van der Waals surface area contributed by atoms with Crippen LogP contribution >= 0.6 is 0 Å². The van der Waals surface area contributed by atoms with Gasteiger partial charge in [-0.2, -0.15) is 0 Å². The lowest BCUT2D eigenvalue weighted by Gasteiger charge is -2.17. The largest absolute Gasteiger partial charge is 0.477 e. The molecule has 0 N–H and O–H groups in total. The second-order valence-electron chi connectivity index (χ2n) is 3.76. The summed E-state index contributed by atoms with van der Waals surface area (Å²) in [4.78, 5) is 15.4. The number of rotatable bonds is 4. The highest BCUT2D eigenvalue weighted by molar-refractivity contribution is 5.79. The standard InChI is InChI=1S/C10H17NO3/c1-4-13-10(12)9-8(5-7(2)3)14-6-11-9/h6-9H,4-5H2,1-3H3. The van der Waals surface area contributed by atoms with Crippen molar-refractivity contribution in [2.45, 2.75) is 39.3 Å². The molecule has 1 aliphatic rings. The van der Waals surface area contributed by atoms with Gasteiger partial charge in [-0.25, -0.2) is 9.79 Å². The van der Waals surface area contributed by atoms with Gasteiger partial charge in [0.2, 0.25) is 0 Å². The first-order chi connectivity index (χ1) is 6.65. The predicted molar refractivity (Wildman–Crippen MR) is 53.2 cm³/mol. The molecule has 0 radical (unpaired) electrons. The molecule has 14 heavy (non-hydrogen) atoms. The third-order valence-corrected chi connectivity index (χ3v) is 2.04. The first-order valence-corrected chi connectivity index (χ1v) is 4.99. The van der Waals surface area contributed by atoms with Gasteiger partial charge in [0.1, 0.15) is 6.10 Å². The van der Waals surface area contributed by atoms with E-state index < -0.39 is 6.04 Å². The van der Waals surface area contributed by atoms with E-state index in [4.69, 9.17) is 9.47 Å². The molecule has 0 aromatic carbocycles. The Morgan fingerprint density at radius 3 is 2.93 bits per heavy atom. The Labute approximate surface area is 84.3 Å². The van der Waals surface area contributed by atoms with Crippen LogP contribution in [0.3, 0.4) is 0 Å². The number of hydrogen-bond donors (Lipinski definition) is 0. The van der Waals surface area contributed by atoms with Gasteiger partial charge in [-0.1, -0.05) is 13.8 Å². The highest BCUT2D eigenvalue weighted by Gasteiger charge is 2.33. The molecule has 0 aromatic heterocycles. The van der Waals surface area contributed by atoms with Crippen LogP contribution in [0.15, 0.2) is 4.99 Å². The van der Waals surface area contributed by atoms with E-state index in [2.05, 4.69) is 18.8 Å². The van der Waals surface area contributed by atoms with Crippen LogP contribution < -0.4 is 0 Å². The lowest BCUT2D eigenvalue weighted by atomic mass is 10.0.